The zero-order valence-electron chi connectivity index (χ0n) is 28.4. The van der Waals surface area contributed by atoms with Gasteiger partial charge in [0.1, 0.15) is 0 Å². The lowest BCUT2D eigenvalue weighted by atomic mass is 9.97. The van der Waals surface area contributed by atoms with Crippen molar-refractivity contribution in [1.29, 1.82) is 0 Å². The highest BCUT2D eigenvalue weighted by Crippen LogP contribution is 2.43. The Labute approximate surface area is 307 Å². The van der Waals surface area contributed by atoms with E-state index >= 15 is 0 Å². The van der Waals surface area contributed by atoms with Gasteiger partial charge in [-0.2, -0.15) is 0 Å². The number of benzene rings is 9. The largest absolute Gasteiger partial charge is 0.310 e. The molecule has 10 aromatic rings. The van der Waals surface area contributed by atoms with Gasteiger partial charge in [-0.05, 0) is 104 Å². The molecule has 0 unspecified atom stereocenters. The molecule has 1 aromatic heterocycles. The Morgan fingerprint density at radius 1 is 0.308 bits per heavy atom. The van der Waals surface area contributed by atoms with Crippen molar-refractivity contribution < 1.29 is 0 Å². The highest BCUT2D eigenvalue weighted by molar-refractivity contribution is 7.25. The smallest absolute Gasteiger partial charge is 0.0540 e. The van der Waals surface area contributed by atoms with Crippen LogP contribution in [0.3, 0.4) is 0 Å². The molecule has 9 aromatic carbocycles. The molecule has 0 aliphatic carbocycles. The number of para-hydroxylation sites is 1. The van der Waals surface area contributed by atoms with Crippen LogP contribution in [0.5, 0.6) is 0 Å². The average Bonchev–Trinajstić information content (AvgIpc) is 3.60. The van der Waals surface area contributed by atoms with Crippen LogP contribution in [-0.4, -0.2) is 0 Å². The summed E-state index contributed by atoms with van der Waals surface area (Å²) in [4.78, 5) is 2.39. The van der Waals surface area contributed by atoms with Crippen molar-refractivity contribution in [3.8, 4) is 33.4 Å². The van der Waals surface area contributed by atoms with Gasteiger partial charge in [0.2, 0.25) is 0 Å². The fourth-order valence-electron chi connectivity index (χ4n) is 7.66. The third-order valence-electron chi connectivity index (χ3n) is 10.3. The topological polar surface area (TPSA) is 3.24 Å². The van der Waals surface area contributed by atoms with Crippen molar-refractivity contribution in [2.24, 2.45) is 0 Å². The van der Waals surface area contributed by atoms with Crippen LogP contribution >= 0.6 is 11.3 Å². The molecule has 0 amide bonds. The molecule has 0 fully saturated rings. The third kappa shape index (κ3) is 5.33. The predicted molar refractivity (Wildman–Crippen MR) is 225 cm³/mol. The molecule has 52 heavy (non-hydrogen) atoms. The maximum atomic E-state index is 2.39. The minimum absolute atomic E-state index is 1.11. The van der Waals surface area contributed by atoms with Crippen molar-refractivity contribution in [2.75, 3.05) is 4.90 Å². The Kier molecular flexibility index (Phi) is 7.41. The lowest BCUT2D eigenvalue weighted by molar-refractivity contribution is 1.28. The van der Waals surface area contributed by atoms with Gasteiger partial charge in [0.15, 0.2) is 0 Å². The van der Waals surface area contributed by atoms with Gasteiger partial charge in [-0.3, -0.25) is 0 Å². The van der Waals surface area contributed by atoms with E-state index in [-0.39, 0.29) is 0 Å². The fraction of sp³-hybridized carbons (Fsp3) is 0. The van der Waals surface area contributed by atoms with Gasteiger partial charge in [-0.25, -0.2) is 0 Å². The second-order valence-corrected chi connectivity index (χ2v) is 14.4. The van der Waals surface area contributed by atoms with Crippen LogP contribution in [0.15, 0.2) is 200 Å². The molecule has 0 saturated heterocycles. The van der Waals surface area contributed by atoms with Crippen molar-refractivity contribution in [1.82, 2.24) is 0 Å². The highest BCUT2D eigenvalue weighted by Gasteiger charge is 2.18. The zero-order chi connectivity index (χ0) is 34.4. The van der Waals surface area contributed by atoms with Crippen LogP contribution in [0.4, 0.5) is 17.1 Å². The number of fused-ring (bicyclic) bond motifs is 6. The van der Waals surface area contributed by atoms with E-state index < -0.39 is 0 Å². The Morgan fingerprint density at radius 3 is 1.65 bits per heavy atom. The summed E-state index contributed by atoms with van der Waals surface area (Å²) in [7, 11) is 0. The van der Waals surface area contributed by atoms with Crippen LogP contribution < -0.4 is 4.90 Å². The van der Waals surface area contributed by atoms with Gasteiger partial charge < -0.3 is 4.90 Å². The van der Waals surface area contributed by atoms with Crippen LogP contribution in [-0.2, 0) is 0 Å². The summed E-state index contributed by atoms with van der Waals surface area (Å²) in [6.45, 7) is 0. The van der Waals surface area contributed by atoms with Crippen LogP contribution in [0.1, 0.15) is 0 Å². The first-order valence-corrected chi connectivity index (χ1v) is 18.6. The van der Waals surface area contributed by atoms with E-state index in [4.69, 9.17) is 0 Å². The maximum Gasteiger partial charge on any atom is 0.0540 e. The molecule has 244 valence electrons. The van der Waals surface area contributed by atoms with Crippen molar-refractivity contribution in [2.45, 2.75) is 0 Å². The van der Waals surface area contributed by atoms with Crippen molar-refractivity contribution in [3.05, 3.63) is 200 Å². The van der Waals surface area contributed by atoms with Crippen molar-refractivity contribution in [3.63, 3.8) is 0 Å². The van der Waals surface area contributed by atoms with Crippen molar-refractivity contribution >= 4 is 70.1 Å². The highest BCUT2D eigenvalue weighted by atomic mass is 32.1. The summed E-state index contributed by atoms with van der Waals surface area (Å²) in [5, 5.41) is 7.75. The normalized spacial score (nSPS) is 11.5. The molecule has 0 aliphatic rings. The quantitative estimate of drug-likeness (QED) is 0.158. The number of rotatable bonds is 6. The number of hydrogen-bond acceptors (Lipinski definition) is 2. The molecule has 0 radical (unpaired) electrons. The minimum Gasteiger partial charge on any atom is -0.310 e. The molecule has 0 saturated carbocycles. The third-order valence-corrected chi connectivity index (χ3v) is 11.4. The summed E-state index contributed by atoms with van der Waals surface area (Å²) in [6.07, 6.45) is 0. The molecule has 2 heteroatoms. The Morgan fingerprint density at radius 2 is 0.865 bits per heavy atom. The molecule has 0 aliphatic heterocycles. The first-order valence-electron chi connectivity index (χ1n) is 17.8. The van der Waals surface area contributed by atoms with E-state index in [0.29, 0.717) is 0 Å². The predicted octanol–water partition coefficient (Wildman–Crippen LogP) is 14.8. The zero-order valence-corrected chi connectivity index (χ0v) is 29.2. The van der Waals surface area contributed by atoms with Gasteiger partial charge in [0, 0.05) is 37.1 Å². The Bertz CT molecular complexity index is 2890. The lowest BCUT2D eigenvalue weighted by Crippen LogP contribution is -2.11. The number of hydrogen-bond donors (Lipinski definition) is 0. The summed E-state index contributed by atoms with van der Waals surface area (Å²) in [5.74, 6) is 0. The van der Waals surface area contributed by atoms with Gasteiger partial charge in [0.05, 0.1) is 5.69 Å². The maximum absolute atomic E-state index is 2.39. The van der Waals surface area contributed by atoms with Crippen LogP contribution in [0, 0.1) is 0 Å². The number of thiophene rings is 1. The Balaban J connectivity index is 1.05. The van der Waals surface area contributed by atoms with Crippen LogP contribution in [0.25, 0.3) is 75.1 Å². The molecular formula is C50H33NS. The van der Waals surface area contributed by atoms with Gasteiger partial charge in [-0.1, -0.05) is 146 Å². The first-order chi connectivity index (χ1) is 25.8. The monoisotopic (exact) mass is 679 g/mol. The van der Waals surface area contributed by atoms with E-state index in [1.807, 2.05) is 11.3 Å². The standard InChI is InChI=1S/C50H33NS/c1-2-10-36(11-3-1)45-14-6-8-16-48(45)51(42-28-22-35(23-29-42)39-25-31-50-47(33-39)46-15-7-9-17-49(46)52-50)41-26-20-34(21-27-41)38-24-30-44-40(32-38)19-18-37-12-4-5-13-43(37)44/h1-33H. The lowest BCUT2D eigenvalue weighted by Gasteiger charge is -2.28. The molecule has 0 N–H and O–H groups in total. The number of anilines is 3. The SMILES string of the molecule is c1ccc(-c2ccccc2N(c2ccc(-c3ccc4c(ccc5ccccc54)c3)cc2)c2ccc(-c3ccc4sc5ccccc5c4c3)cc2)cc1. The molecule has 10 rings (SSSR count). The molecule has 0 spiro atoms. The average molecular weight is 680 g/mol. The summed E-state index contributed by atoms with van der Waals surface area (Å²) >= 11 is 1.86. The van der Waals surface area contributed by atoms with E-state index in [1.165, 1.54) is 75.1 Å². The molecule has 0 atom stereocenters. The fourth-order valence-corrected chi connectivity index (χ4v) is 8.75. The van der Waals surface area contributed by atoms with E-state index in [9.17, 15) is 0 Å². The number of nitrogens with zero attached hydrogens (tertiary/aromatic N) is 1. The molecule has 0 bridgehead atoms. The summed E-state index contributed by atoms with van der Waals surface area (Å²) in [5.41, 5.74) is 10.6. The van der Waals surface area contributed by atoms with Crippen LogP contribution in [0.2, 0.25) is 0 Å². The molecule has 1 heterocycles. The summed E-state index contributed by atoms with van der Waals surface area (Å²) < 4.78 is 2.66. The minimum atomic E-state index is 1.11. The Hall–Kier alpha value is -6.48. The molecule has 1 nitrogen and oxygen atoms in total. The molecular weight excluding hydrogens is 647 g/mol. The van der Waals surface area contributed by atoms with Gasteiger partial charge in [-0.15, -0.1) is 11.3 Å². The van der Waals surface area contributed by atoms with E-state index in [0.717, 1.165) is 17.1 Å². The second kappa shape index (κ2) is 12.7. The summed E-state index contributed by atoms with van der Waals surface area (Å²) in [6, 6.07) is 72.9. The van der Waals surface area contributed by atoms with E-state index in [1.54, 1.807) is 0 Å². The van der Waals surface area contributed by atoms with Gasteiger partial charge in [0.25, 0.3) is 0 Å². The second-order valence-electron chi connectivity index (χ2n) is 13.3. The first kappa shape index (κ1) is 30.4. The van der Waals surface area contributed by atoms with Gasteiger partial charge >= 0.3 is 0 Å². The van der Waals surface area contributed by atoms with E-state index in [2.05, 4.69) is 205 Å².